The Balaban J connectivity index is 1.92. The van der Waals surface area contributed by atoms with Crippen molar-refractivity contribution in [1.29, 1.82) is 0 Å². The molecule has 3 aromatic rings. The molecule has 21 heavy (non-hydrogen) atoms. The number of rotatable bonds is 4. The van der Waals surface area contributed by atoms with Crippen molar-refractivity contribution in [1.82, 2.24) is 0 Å². The number of hydrogen-bond donors (Lipinski definition) is 0. The van der Waals surface area contributed by atoms with Gasteiger partial charge in [-0.05, 0) is 24.6 Å². The summed E-state index contributed by atoms with van der Waals surface area (Å²) in [6.07, 6.45) is -0.178. The van der Waals surface area contributed by atoms with Crippen LogP contribution < -0.4 is 0 Å². The van der Waals surface area contributed by atoms with Crippen molar-refractivity contribution in [2.45, 2.75) is 13.0 Å². The maximum atomic E-state index is 5.98. The number of benzene rings is 2. The third kappa shape index (κ3) is 2.91. The normalized spacial score (nSPS) is 12.3. The SMILES string of the molecule is COC(c1ccc(C)cc1)c1ccc(-c2ccccc2)o1. The van der Waals surface area contributed by atoms with Crippen LogP contribution in [0.1, 0.15) is 23.0 Å². The maximum Gasteiger partial charge on any atom is 0.140 e. The molecule has 2 heteroatoms. The van der Waals surface area contributed by atoms with Crippen LogP contribution in [0.4, 0.5) is 0 Å². The molecular formula is C19H18O2. The second-order valence-corrected chi connectivity index (χ2v) is 5.09. The summed E-state index contributed by atoms with van der Waals surface area (Å²) in [5.41, 5.74) is 3.40. The molecule has 0 radical (unpaired) electrons. The van der Waals surface area contributed by atoms with E-state index in [4.69, 9.17) is 9.15 Å². The van der Waals surface area contributed by atoms with Gasteiger partial charge in [0.25, 0.3) is 0 Å². The average Bonchev–Trinajstić information content (AvgIpc) is 3.00. The number of aryl methyl sites for hydroxylation is 1. The summed E-state index contributed by atoms with van der Waals surface area (Å²) in [5, 5.41) is 0. The molecule has 0 saturated carbocycles. The van der Waals surface area contributed by atoms with Crippen LogP contribution in [-0.4, -0.2) is 7.11 Å². The highest BCUT2D eigenvalue weighted by Crippen LogP contribution is 2.30. The molecule has 0 amide bonds. The van der Waals surface area contributed by atoms with E-state index in [0.29, 0.717) is 0 Å². The molecule has 0 bridgehead atoms. The summed E-state index contributed by atoms with van der Waals surface area (Å²) in [6, 6.07) is 22.4. The fourth-order valence-corrected chi connectivity index (χ4v) is 2.41. The first kappa shape index (κ1) is 13.7. The van der Waals surface area contributed by atoms with Crippen LogP contribution >= 0.6 is 0 Å². The fourth-order valence-electron chi connectivity index (χ4n) is 2.41. The molecule has 0 aliphatic heterocycles. The van der Waals surface area contributed by atoms with Crippen LogP contribution in [0.3, 0.4) is 0 Å². The number of methoxy groups -OCH3 is 1. The van der Waals surface area contributed by atoms with Crippen LogP contribution in [0, 0.1) is 6.92 Å². The lowest BCUT2D eigenvalue weighted by Crippen LogP contribution is -2.02. The summed E-state index contributed by atoms with van der Waals surface area (Å²) >= 11 is 0. The van der Waals surface area contributed by atoms with Crippen molar-refractivity contribution in [2.24, 2.45) is 0 Å². The van der Waals surface area contributed by atoms with Gasteiger partial charge < -0.3 is 9.15 Å². The Labute approximate surface area is 125 Å². The predicted octanol–water partition coefficient (Wildman–Crippen LogP) is 4.99. The van der Waals surface area contributed by atoms with Gasteiger partial charge in [-0.25, -0.2) is 0 Å². The summed E-state index contributed by atoms with van der Waals surface area (Å²) in [5.74, 6) is 1.68. The minimum atomic E-state index is -0.178. The van der Waals surface area contributed by atoms with Gasteiger partial charge >= 0.3 is 0 Å². The molecule has 0 aliphatic carbocycles. The van der Waals surface area contributed by atoms with E-state index in [0.717, 1.165) is 22.6 Å². The molecule has 2 aromatic carbocycles. The Kier molecular flexibility index (Phi) is 3.89. The Morgan fingerprint density at radius 3 is 2.24 bits per heavy atom. The minimum absolute atomic E-state index is 0.178. The van der Waals surface area contributed by atoms with E-state index in [1.807, 2.05) is 42.5 Å². The summed E-state index contributed by atoms with van der Waals surface area (Å²) < 4.78 is 11.6. The van der Waals surface area contributed by atoms with Gasteiger partial charge in [0.15, 0.2) is 0 Å². The first-order valence-electron chi connectivity index (χ1n) is 7.02. The summed E-state index contributed by atoms with van der Waals surface area (Å²) in [7, 11) is 1.70. The molecule has 1 unspecified atom stereocenters. The Bertz CT molecular complexity index is 696. The molecule has 0 spiro atoms. The molecule has 2 nitrogen and oxygen atoms in total. The standard InChI is InChI=1S/C19H18O2/c1-14-8-10-16(11-9-14)19(20-2)18-13-12-17(21-18)15-6-4-3-5-7-15/h3-13,19H,1-2H3. The van der Waals surface area contributed by atoms with E-state index in [9.17, 15) is 0 Å². The monoisotopic (exact) mass is 278 g/mol. The van der Waals surface area contributed by atoms with E-state index >= 15 is 0 Å². The van der Waals surface area contributed by atoms with Gasteiger partial charge in [-0.15, -0.1) is 0 Å². The highest BCUT2D eigenvalue weighted by molar-refractivity contribution is 5.57. The second kappa shape index (κ2) is 5.98. The third-order valence-corrected chi connectivity index (χ3v) is 3.56. The average molecular weight is 278 g/mol. The minimum Gasteiger partial charge on any atom is -0.458 e. The zero-order valence-corrected chi connectivity index (χ0v) is 12.2. The Hall–Kier alpha value is -2.32. The summed E-state index contributed by atoms with van der Waals surface area (Å²) in [4.78, 5) is 0. The lowest BCUT2D eigenvalue weighted by molar-refractivity contribution is 0.117. The molecule has 0 saturated heterocycles. The number of furan rings is 1. The van der Waals surface area contributed by atoms with Gasteiger partial charge in [-0.3, -0.25) is 0 Å². The van der Waals surface area contributed by atoms with Crippen molar-refractivity contribution in [3.63, 3.8) is 0 Å². The van der Waals surface area contributed by atoms with E-state index < -0.39 is 0 Å². The Morgan fingerprint density at radius 2 is 1.57 bits per heavy atom. The zero-order chi connectivity index (χ0) is 14.7. The van der Waals surface area contributed by atoms with Crippen molar-refractivity contribution >= 4 is 0 Å². The van der Waals surface area contributed by atoms with Crippen LogP contribution in [0.25, 0.3) is 11.3 Å². The third-order valence-electron chi connectivity index (χ3n) is 3.56. The van der Waals surface area contributed by atoms with E-state index in [1.165, 1.54) is 5.56 Å². The van der Waals surface area contributed by atoms with Gasteiger partial charge in [0, 0.05) is 12.7 Å². The molecule has 1 atom stereocenters. The van der Waals surface area contributed by atoms with E-state index in [2.05, 4.69) is 31.2 Å². The summed E-state index contributed by atoms with van der Waals surface area (Å²) in [6.45, 7) is 2.08. The molecule has 0 N–H and O–H groups in total. The molecule has 1 aromatic heterocycles. The first-order chi connectivity index (χ1) is 10.3. The van der Waals surface area contributed by atoms with Gasteiger partial charge in [0.1, 0.15) is 17.6 Å². The highest BCUT2D eigenvalue weighted by Gasteiger charge is 2.17. The van der Waals surface area contributed by atoms with E-state index in [-0.39, 0.29) is 6.10 Å². The molecule has 1 heterocycles. The van der Waals surface area contributed by atoms with E-state index in [1.54, 1.807) is 7.11 Å². The molecule has 0 aliphatic rings. The van der Waals surface area contributed by atoms with Gasteiger partial charge in [0.05, 0.1) is 0 Å². The number of hydrogen-bond acceptors (Lipinski definition) is 2. The molecular weight excluding hydrogens is 260 g/mol. The largest absolute Gasteiger partial charge is 0.458 e. The highest BCUT2D eigenvalue weighted by atomic mass is 16.5. The van der Waals surface area contributed by atoms with Crippen molar-refractivity contribution < 1.29 is 9.15 Å². The fraction of sp³-hybridized carbons (Fsp3) is 0.158. The number of ether oxygens (including phenoxy) is 1. The van der Waals surface area contributed by atoms with Gasteiger partial charge in [0.2, 0.25) is 0 Å². The van der Waals surface area contributed by atoms with Gasteiger partial charge in [-0.1, -0.05) is 60.2 Å². The zero-order valence-electron chi connectivity index (χ0n) is 12.2. The topological polar surface area (TPSA) is 22.4 Å². The van der Waals surface area contributed by atoms with Gasteiger partial charge in [-0.2, -0.15) is 0 Å². The lowest BCUT2D eigenvalue weighted by atomic mass is 10.1. The quantitative estimate of drug-likeness (QED) is 0.670. The maximum absolute atomic E-state index is 5.98. The first-order valence-corrected chi connectivity index (χ1v) is 7.02. The second-order valence-electron chi connectivity index (χ2n) is 5.09. The molecule has 3 rings (SSSR count). The van der Waals surface area contributed by atoms with Crippen LogP contribution in [0.15, 0.2) is 71.1 Å². The Morgan fingerprint density at radius 1 is 0.857 bits per heavy atom. The van der Waals surface area contributed by atoms with Crippen LogP contribution in [-0.2, 0) is 4.74 Å². The molecule has 106 valence electrons. The van der Waals surface area contributed by atoms with Crippen LogP contribution in [0.2, 0.25) is 0 Å². The van der Waals surface area contributed by atoms with Crippen molar-refractivity contribution in [3.05, 3.63) is 83.6 Å². The molecule has 0 fully saturated rings. The van der Waals surface area contributed by atoms with Crippen molar-refractivity contribution in [2.75, 3.05) is 7.11 Å². The smallest absolute Gasteiger partial charge is 0.140 e. The lowest BCUT2D eigenvalue weighted by Gasteiger charge is -2.13. The predicted molar refractivity (Wildman–Crippen MR) is 84.2 cm³/mol. The van der Waals surface area contributed by atoms with Crippen molar-refractivity contribution in [3.8, 4) is 11.3 Å². The van der Waals surface area contributed by atoms with Crippen LogP contribution in [0.5, 0.6) is 0 Å².